The van der Waals surface area contributed by atoms with E-state index in [1.54, 1.807) is 0 Å². The summed E-state index contributed by atoms with van der Waals surface area (Å²) in [6.45, 7) is 15.9. The van der Waals surface area contributed by atoms with E-state index in [-0.39, 0.29) is 11.4 Å². The summed E-state index contributed by atoms with van der Waals surface area (Å²) in [5.74, 6) is 1.16. The van der Waals surface area contributed by atoms with E-state index in [2.05, 4.69) is 49.7 Å². The molecule has 2 amide bonds. The summed E-state index contributed by atoms with van der Waals surface area (Å²) in [6.07, 6.45) is 4.66. The van der Waals surface area contributed by atoms with Gasteiger partial charge in [0.25, 0.3) is 0 Å². The Balaban J connectivity index is 2.75. The molecule has 1 saturated heterocycles. The van der Waals surface area contributed by atoms with Crippen molar-refractivity contribution in [3.8, 4) is 0 Å². The fourth-order valence-electron chi connectivity index (χ4n) is 3.17. The van der Waals surface area contributed by atoms with Gasteiger partial charge in [-0.2, -0.15) is 0 Å². The second-order valence-electron chi connectivity index (χ2n) is 8.38. The molecule has 0 bridgehead atoms. The van der Waals surface area contributed by atoms with Crippen molar-refractivity contribution in [1.29, 1.82) is 0 Å². The van der Waals surface area contributed by atoms with Gasteiger partial charge < -0.3 is 15.1 Å². The van der Waals surface area contributed by atoms with Crippen molar-refractivity contribution in [3.05, 3.63) is 0 Å². The predicted molar refractivity (Wildman–Crippen MR) is 98.7 cm³/mol. The molecule has 0 spiro atoms. The molecule has 0 aliphatic carbocycles. The maximum Gasteiger partial charge on any atom is 0.320 e. The van der Waals surface area contributed by atoms with Gasteiger partial charge in [0.2, 0.25) is 0 Å². The normalized spacial score (nSPS) is 17.4. The second kappa shape index (κ2) is 9.51. The van der Waals surface area contributed by atoms with E-state index in [0.29, 0.717) is 11.8 Å². The van der Waals surface area contributed by atoms with E-state index in [1.807, 2.05) is 7.05 Å². The van der Waals surface area contributed by atoms with Crippen molar-refractivity contribution in [3.63, 3.8) is 0 Å². The van der Waals surface area contributed by atoms with E-state index in [0.717, 1.165) is 52.0 Å². The molecule has 136 valence electrons. The van der Waals surface area contributed by atoms with Crippen LogP contribution in [0.5, 0.6) is 0 Å². The lowest BCUT2D eigenvalue weighted by Gasteiger charge is -2.40. The summed E-state index contributed by atoms with van der Waals surface area (Å²) in [6, 6.07) is 0.259. The van der Waals surface area contributed by atoms with Crippen LogP contribution in [-0.4, -0.2) is 55.6 Å². The van der Waals surface area contributed by atoms with E-state index < -0.39 is 0 Å². The number of rotatable bonds is 8. The summed E-state index contributed by atoms with van der Waals surface area (Å²) >= 11 is 0. The highest BCUT2D eigenvalue weighted by molar-refractivity contribution is 5.74. The first-order valence-electron chi connectivity index (χ1n) is 9.46. The van der Waals surface area contributed by atoms with Crippen molar-refractivity contribution < 1.29 is 4.79 Å². The Hall–Kier alpha value is -0.770. The third-order valence-electron chi connectivity index (χ3n) is 5.32. The molecule has 1 unspecified atom stereocenters. The summed E-state index contributed by atoms with van der Waals surface area (Å²) < 4.78 is 0. The van der Waals surface area contributed by atoms with Gasteiger partial charge in [-0.25, -0.2) is 4.79 Å². The molecule has 1 N–H and O–H groups in total. The summed E-state index contributed by atoms with van der Waals surface area (Å²) in [5, 5.41) is 3.28. The third kappa shape index (κ3) is 6.70. The maximum atomic E-state index is 13.0. The van der Waals surface area contributed by atoms with E-state index in [4.69, 9.17) is 0 Å². The lowest BCUT2D eigenvalue weighted by Crippen LogP contribution is -2.50. The number of nitrogens with zero attached hydrogens (tertiary/aromatic N) is 2. The van der Waals surface area contributed by atoms with Gasteiger partial charge in [-0.3, -0.25) is 0 Å². The zero-order valence-electron chi connectivity index (χ0n) is 16.3. The number of urea groups is 1. The first-order valence-corrected chi connectivity index (χ1v) is 9.46. The van der Waals surface area contributed by atoms with Crippen LogP contribution >= 0.6 is 0 Å². The van der Waals surface area contributed by atoms with Crippen LogP contribution in [-0.2, 0) is 0 Å². The lowest BCUT2D eigenvalue weighted by atomic mass is 9.79. The minimum atomic E-state index is 0.117. The van der Waals surface area contributed by atoms with Gasteiger partial charge >= 0.3 is 6.03 Å². The molecule has 0 aromatic carbocycles. The fraction of sp³-hybridized carbons (Fsp3) is 0.947. The van der Waals surface area contributed by atoms with Crippen LogP contribution in [0.3, 0.4) is 0 Å². The van der Waals surface area contributed by atoms with Crippen LogP contribution in [0.2, 0.25) is 0 Å². The molecule has 1 atom stereocenters. The minimum Gasteiger partial charge on any atom is -0.325 e. The number of carbonyl (C=O) groups is 1. The highest BCUT2D eigenvalue weighted by Crippen LogP contribution is 2.28. The first-order chi connectivity index (χ1) is 10.8. The Bertz CT molecular complexity index is 349. The molecule has 0 aromatic heterocycles. The summed E-state index contributed by atoms with van der Waals surface area (Å²) in [5.41, 5.74) is 0.117. The predicted octanol–water partition coefficient (Wildman–Crippen LogP) is 3.82. The highest BCUT2D eigenvalue weighted by atomic mass is 16.2. The van der Waals surface area contributed by atoms with Crippen molar-refractivity contribution in [1.82, 2.24) is 15.1 Å². The van der Waals surface area contributed by atoms with Gasteiger partial charge in [0.1, 0.15) is 0 Å². The molecule has 1 aliphatic rings. The largest absolute Gasteiger partial charge is 0.325 e. The molecule has 1 heterocycles. The van der Waals surface area contributed by atoms with Gasteiger partial charge in [-0.05, 0) is 56.5 Å². The Kier molecular flexibility index (Phi) is 8.38. The number of likely N-dealkylation sites (tertiary alicyclic amines) is 1. The molecule has 4 heteroatoms. The van der Waals surface area contributed by atoms with Crippen LogP contribution in [0.15, 0.2) is 0 Å². The molecule has 0 radical (unpaired) electrons. The Morgan fingerprint density at radius 3 is 2.30 bits per heavy atom. The first kappa shape index (κ1) is 20.3. The SMILES string of the molecule is CNCC(C)C(C)(C)CN(CCC(C)C)C(=O)N1CCCCC1. The monoisotopic (exact) mass is 325 g/mol. The average molecular weight is 326 g/mol. The minimum absolute atomic E-state index is 0.117. The molecular weight excluding hydrogens is 286 g/mol. The van der Waals surface area contributed by atoms with Gasteiger partial charge in [-0.1, -0.05) is 34.6 Å². The van der Waals surface area contributed by atoms with Crippen LogP contribution in [0, 0.1) is 17.3 Å². The number of piperidine rings is 1. The zero-order valence-corrected chi connectivity index (χ0v) is 16.3. The summed E-state index contributed by atoms with van der Waals surface area (Å²) in [4.78, 5) is 17.2. The molecule has 4 nitrogen and oxygen atoms in total. The molecule has 0 saturated carbocycles. The van der Waals surface area contributed by atoms with E-state index >= 15 is 0 Å². The lowest BCUT2D eigenvalue weighted by molar-refractivity contribution is 0.101. The van der Waals surface area contributed by atoms with Crippen molar-refractivity contribution in [2.24, 2.45) is 17.3 Å². The van der Waals surface area contributed by atoms with Crippen molar-refractivity contribution >= 4 is 6.03 Å². The Labute approximate surface area is 144 Å². The van der Waals surface area contributed by atoms with E-state index in [1.165, 1.54) is 6.42 Å². The van der Waals surface area contributed by atoms with Gasteiger partial charge in [0, 0.05) is 26.2 Å². The molecule has 23 heavy (non-hydrogen) atoms. The standard InChI is InChI=1S/C19H39N3O/c1-16(2)10-13-22(15-19(4,5)17(3)14-20-6)18(23)21-11-8-7-9-12-21/h16-17,20H,7-15H2,1-6H3. The van der Waals surface area contributed by atoms with Crippen LogP contribution in [0.4, 0.5) is 4.79 Å². The number of nitrogens with one attached hydrogen (secondary N) is 1. The van der Waals surface area contributed by atoms with E-state index in [9.17, 15) is 4.79 Å². The highest BCUT2D eigenvalue weighted by Gasteiger charge is 2.32. The summed E-state index contributed by atoms with van der Waals surface area (Å²) in [7, 11) is 2.00. The molecule has 1 fully saturated rings. The number of amides is 2. The molecule has 0 aromatic rings. The Morgan fingerprint density at radius 1 is 1.17 bits per heavy atom. The zero-order chi connectivity index (χ0) is 17.5. The van der Waals surface area contributed by atoms with Crippen LogP contribution < -0.4 is 5.32 Å². The topological polar surface area (TPSA) is 35.6 Å². The second-order valence-corrected chi connectivity index (χ2v) is 8.38. The smallest absolute Gasteiger partial charge is 0.320 e. The van der Waals surface area contributed by atoms with Gasteiger partial charge in [0.15, 0.2) is 0 Å². The quantitative estimate of drug-likeness (QED) is 0.736. The number of carbonyl (C=O) groups excluding carboxylic acids is 1. The molecule has 1 aliphatic heterocycles. The third-order valence-corrected chi connectivity index (χ3v) is 5.32. The molecule has 1 rings (SSSR count). The van der Waals surface area contributed by atoms with Crippen LogP contribution in [0.1, 0.15) is 60.3 Å². The van der Waals surface area contributed by atoms with Crippen LogP contribution in [0.25, 0.3) is 0 Å². The maximum absolute atomic E-state index is 13.0. The van der Waals surface area contributed by atoms with Crippen molar-refractivity contribution in [2.75, 3.05) is 39.8 Å². The average Bonchev–Trinajstić information content (AvgIpc) is 2.51. The van der Waals surface area contributed by atoms with Gasteiger partial charge in [-0.15, -0.1) is 0 Å². The number of hydrogen-bond donors (Lipinski definition) is 1. The van der Waals surface area contributed by atoms with Gasteiger partial charge in [0.05, 0.1) is 0 Å². The Morgan fingerprint density at radius 2 is 1.78 bits per heavy atom. The number of hydrogen-bond acceptors (Lipinski definition) is 2. The fourth-order valence-corrected chi connectivity index (χ4v) is 3.17. The van der Waals surface area contributed by atoms with Crippen molar-refractivity contribution in [2.45, 2.75) is 60.3 Å². The molecular formula is C19H39N3O.